The zero-order chi connectivity index (χ0) is 14.2. The van der Waals surface area contributed by atoms with Crippen LogP contribution in [0.3, 0.4) is 0 Å². The van der Waals surface area contributed by atoms with Crippen LogP contribution in [0.4, 0.5) is 0 Å². The van der Waals surface area contributed by atoms with Crippen molar-refractivity contribution in [2.75, 3.05) is 20.1 Å². The molecule has 1 aromatic carbocycles. The molecule has 6 heteroatoms. The molecule has 0 aliphatic carbocycles. The van der Waals surface area contributed by atoms with Crippen molar-refractivity contribution >= 4 is 10.0 Å². The summed E-state index contributed by atoms with van der Waals surface area (Å²) in [5, 5.41) is 12.8. The second-order valence-electron chi connectivity index (χ2n) is 5.08. The fourth-order valence-corrected chi connectivity index (χ4v) is 4.03. The minimum absolute atomic E-state index is 0.305. The summed E-state index contributed by atoms with van der Waals surface area (Å²) in [6.07, 6.45) is -0.662. The van der Waals surface area contributed by atoms with E-state index in [0.29, 0.717) is 18.0 Å². The summed E-state index contributed by atoms with van der Waals surface area (Å²) in [5.74, 6) is 0. The highest BCUT2D eigenvalue weighted by atomic mass is 32.2. The summed E-state index contributed by atoms with van der Waals surface area (Å²) in [6, 6.07) is 4.86. The van der Waals surface area contributed by atoms with Crippen molar-refractivity contribution in [2.45, 2.75) is 30.9 Å². The van der Waals surface area contributed by atoms with Gasteiger partial charge in [0.1, 0.15) is 0 Å². The molecular weight excluding hydrogens is 264 g/mol. The van der Waals surface area contributed by atoms with Crippen molar-refractivity contribution in [3.63, 3.8) is 0 Å². The third kappa shape index (κ3) is 2.67. The van der Waals surface area contributed by atoms with E-state index in [0.717, 1.165) is 11.1 Å². The quantitative estimate of drug-likeness (QED) is 0.835. The summed E-state index contributed by atoms with van der Waals surface area (Å²) in [4.78, 5) is 0.305. The van der Waals surface area contributed by atoms with Crippen LogP contribution in [-0.4, -0.2) is 50.1 Å². The van der Waals surface area contributed by atoms with Crippen LogP contribution in [0.5, 0.6) is 0 Å². The first-order valence-corrected chi connectivity index (χ1v) is 7.72. The van der Waals surface area contributed by atoms with E-state index in [-0.39, 0.29) is 0 Å². The molecule has 0 unspecified atom stereocenters. The second-order valence-corrected chi connectivity index (χ2v) is 7.05. The molecule has 0 radical (unpaired) electrons. The van der Waals surface area contributed by atoms with Gasteiger partial charge in [0.25, 0.3) is 0 Å². The van der Waals surface area contributed by atoms with Gasteiger partial charge in [0.2, 0.25) is 10.0 Å². The molecule has 1 aliphatic rings. The molecule has 1 saturated heterocycles. The number of benzene rings is 1. The monoisotopic (exact) mass is 284 g/mol. The lowest BCUT2D eigenvalue weighted by atomic mass is 10.2. The first-order valence-electron chi connectivity index (χ1n) is 6.28. The van der Waals surface area contributed by atoms with Crippen LogP contribution >= 0.6 is 0 Å². The number of nitrogens with one attached hydrogen (secondary N) is 1. The maximum absolute atomic E-state index is 12.6. The van der Waals surface area contributed by atoms with Gasteiger partial charge < -0.3 is 10.4 Å². The van der Waals surface area contributed by atoms with Crippen molar-refractivity contribution < 1.29 is 13.5 Å². The second kappa shape index (κ2) is 5.20. The number of aliphatic hydroxyl groups excluding tert-OH is 1. The lowest BCUT2D eigenvalue weighted by molar-refractivity contribution is 0.136. The molecule has 106 valence electrons. The number of rotatable bonds is 3. The SMILES string of the molecule is Cc1ccc(S(=O)(=O)N(C)[C@@H]2CNC[C@H]2O)c(C)c1. The minimum atomic E-state index is -3.57. The molecule has 1 fully saturated rings. The maximum atomic E-state index is 12.6. The van der Waals surface area contributed by atoms with E-state index in [1.54, 1.807) is 19.1 Å². The van der Waals surface area contributed by atoms with E-state index < -0.39 is 22.2 Å². The molecular formula is C13H20N2O3S. The minimum Gasteiger partial charge on any atom is -0.390 e. The zero-order valence-electron chi connectivity index (χ0n) is 11.4. The Balaban J connectivity index is 2.36. The largest absolute Gasteiger partial charge is 0.390 e. The Morgan fingerprint density at radius 2 is 2.00 bits per heavy atom. The molecule has 1 aliphatic heterocycles. The van der Waals surface area contributed by atoms with Crippen LogP contribution in [0.2, 0.25) is 0 Å². The molecule has 2 atom stereocenters. The summed E-state index contributed by atoms with van der Waals surface area (Å²) in [7, 11) is -2.05. The predicted molar refractivity (Wildman–Crippen MR) is 73.5 cm³/mol. The van der Waals surface area contributed by atoms with Gasteiger partial charge in [0.15, 0.2) is 0 Å². The average molecular weight is 284 g/mol. The van der Waals surface area contributed by atoms with Crippen LogP contribution in [0.25, 0.3) is 0 Å². The van der Waals surface area contributed by atoms with Gasteiger partial charge in [-0.15, -0.1) is 0 Å². The first-order chi connectivity index (χ1) is 8.84. The van der Waals surface area contributed by atoms with Crippen molar-refractivity contribution in [3.05, 3.63) is 29.3 Å². The van der Waals surface area contributed by atoms with Crippen LogP contribution < -0.4 is 5.32 Å². The molecule has 2 rings (SSSR count). The smallest absolute Gasteiger partial charge is 0.243 e. The van der Waals surface area contributed by atoms with Gasteiger partial charge in [0.05, 0.1) is 17.0 Å². The molecule has 0 bridgehead atoms. The topological polar surface area (TPSA) is 69.6 Å². The number of sulfonamides is 1. The van der Waals surface area contributed by atoms with Crippen LogP contribution in [0, 0.1) is 13.8 Å². The van der Waals surface area contributed by atoms with E-state index in [4.69, 9.17) is 0 Å². The van der Waals surface area contributed by atoms with Crippen molar-refractivity contribution in [1.29, 1.82) is 0 Å². The van der Waals surface area contributed by atoms with E-state index >= 15 is 0 Å². The van der Waals surface area contributed by atoms with Crippen LogP contribution in [-0.2, 0) is 10.0 Å². The molecule has 0 saturated carbocycles. The lowest BCUT2D eigenvalue weighted by Crippen LogP contribution is -2.44. The molecule has 0 amide bonds. The predicted octanol–water partition coefficient (Wildman–Crippen LogP) is 0.257. The average Bonchev–Trinajstić information content (AvgIpc) is 2.73. The number of hydrogen-bond acceptors (Lipinski definition) is 4. The third-order valence-electron chi connectivity index (χ3n) is 3.61. The molecule has 19 heavy (non-hydrogen) atoms. The van der Waals surface area contributed by atoms with E-state index in [1.165, 1.54) is 11.4 Å². The van der Waals surface area contributed by atoms with Gasteiger partial charge in [-0.2, -0.15) is 4.31 Å². The lowest BCUT2D eigenvalue weighted by Gasteiger charge is -2.26. The Morgan fingerprint density at radius 3 is 2.53 bits per heavy atom. The van der Waals surface area contributed by atoms with E-state index in [1.807, 2.05) is 13.0 Å². The molecule has 5 nitrogen and oxygen atoms in total. The van der Waals surface area contributed by atoms with Crippen molar-refractivity contribution in [2.24, 2.45) is 0 Å². The Hall–Kier alpha value is -0.950. The van der Waals surface area contributed by atoms with Gasteiger partial charge in [0, 0.05) is 20.1 Å². The Morgan fingerprint density at radius 1 is 1.32 bits per heavy atom. The molecule has 0 aromatic heterocycles. The molecule has 1 aromatic rings. The van der Waals surface area contributed by atoms with Gasteiger partial charge in [-0.3, -0.25) is 0 Å². The van der Waals surface area contributed by atoms with Crippen LogP contribution in [0.1, 0.15) is 11.1 Å². The summed E-state index contributed by atoms with van der Waals surface area (Å²) < 4.78 is 26.4. The highest BCUT2D eigenvalue weighted by Crippen LogP contribution is 2.23. The van der Waals surface area contributed by atoms with Crippen molar-refractivity contribution in [1.82, 2.24) is 9.62 Å². The van der Waals surface area contributed by atoms with Crippen molar-refractivity contribution in [3.8, 4) is 0 Å². The summed E-state index contributed by atoms with van der Waals surface area (Å²) >= 11 is 0. The number of nitrogens with zero attached hydrogens (tertiary/aromatic N) is 1. The fourth-order valence-electron chi connectivity index (χ4n) is 2.44. The number of hydrogen-bond donors (Lipinski definition) is 2. The summed E-state index contributed by atoms with van der Waals surface area (Å²) in [6.45, 7) is 4.62. The molecule has 1 heterocycles. The number of aliphatic hydroxyl groups is 1. The molecule has 2 N–H and O–H groups in total. The Labute approximate surface area is 114 Å². The van der Waals surface area contributed by atoms with E-state index in [2.05, 4.69) is 5.32 Å². The maximum Gasteiger partial charge on any atom is 0.243 e. The van der Waals surface area contributed by atoms with E-state index in [9.17, 15) is 13.5 Å². The Kier molecular flexibility index (Phi) is 3.96. The Bertz CT molecular complexity index is 571. The normalized spacial score (nSPS) is 24.1. The molecule has 0 spiro atoms. The fraction of sp³-hybridized carbons (Fsp3) is 0.538. The first kappa shape index (κ1) is 14.5. The number of likely N-dealkylation sites (N-methyl/N-ethyl adjacent to an activating group) is 1. The zero-order valence-corrected chi connectivity index (χ0v) is 12.2. The van der Waals surface area contributed by atoms with Gasteiger partial charge >= 0.3 is 0 Å². The third-order valence-corrected chi connectivity index (χ3v) is 5.65. The standard InChI is InChI=1S/C13H20N2O3S/c1-9-4-5-13(10(2)6-9)19(17,18)15(3)11-7-14-8-12(11)16/h4-6,11-12,14,16H,7-8H2,1-3H3/t11-,12-/m1/s1. The van der Waals surface area contributed by atoms with Gasteiger partial charge in [-0.25, -0.2) is 8.42 Å². The highest BCUT2D eigenvalue weighted by Gasteiger charge is 2.36. The van der Waals surface area contributed by atoms with Gasteiger partial charge in [-0.05, 0) is 25.5 Å². The highest BCUT2D eigenvalue weighted by molar-refractivity contribution is 7.89. The van der Waals surface area contributed by atoms with Gasteiger partial charge in [-0.1, -0.05) is 17.7 Å². The number of β-amino-alcohol motifs (C(OH)–C–C–N with tert-alkyl or cyclic N) is 1. The summed E-state index contributed by atoms with van der Waals surface area (Å²) in [5.41, 5.74) is 1.76. The number of aryl methyl sites for hydroxylation is 2. The van der Waals surface area contributed by atoms with Crippen LogP contribution in [0.15, 0.2) is 23.1 Å².